The number of nitrogens with zero attached hydrogens (tertiary/aromatic N) is 1. The summed E-state index contributed by atoms with van der Waals surface area (Å²) in [5.41, 5.74) is 1.01. The Morgan fingerprint density at radius 2 is 2.05 bits per heavy atom. The van der Waals surface area contributed by atoms with Crippen molar-refractivity contribution in [3.8, 4) is 0 Å². The number of hydrogen-bond donors (Lipinski definition) is 1. The molecule has 4 heteroatoms. The standard InChI is InChI=1S/C17H24FNO2/c18-15-6-3-5-14(13-15)10-12-19(11-4-9-17(20)21)16-7-1-2-8-16/h3,5-6,13,16H,1-2,4,7-12H2,(H,20,21). The van der Waals surface area contributed by atoms with Crippen LogP contribution in [0.5, 0.6) is 0 Å². The molecule has 3 nitrogen and oxygen atoms in total. The second-order valence-corrected chi connectivity index (χ2v) is 5.85. The van der Waals surface area contributed by atoms with Gasteiger partial charge in [0.05, 0.1) is 0 Å². The Bertz CT molecular complexity index is 458. The smallest absolute Gasteiger partial charge is 0.303 e. The largest absolute Gasteiger partial charge is 0.481 e. The van der Waals surface area contributed by atoms with E-state index in [0.717, 1.165) is 25.1 Å². The van der Waals surface area contributed by atoms with Gasteiger partial charge < -0.3 is 10.0 Å². The fourth-order valence-electron chi connectivity index (χ4n) is 3.14. The third-order valence-electron chi connectivity index (χ3n) is 4.25. The molecule has 1 aliphatic rings. The van der Waals surface area contributed by atoms with Crippen molar-refractivity contribution >= 4 is 5.97 Å². The summed E-state index contributed by atoms with van der Waals surface area (Å²) in [4.78, 5) is 13.1. The zero-order chi connectivity index (χ0) is 15.1. The lowest BCUT2D eigenvalue weighted by Crippen LogP contribution is -2.36. The number of carbonyl (C=O) groups is 1. The molecule has 0 unspecified atom stereocenters. The minimum absolute atomic E-state index is 0.189. The maximum Gasteiger partial charge on any atom is 0.303 e. The Labute approximate surface area is 125 Å². The molecule has 0 radical (unpaired) electrons. The highest BCUT2D eigenvalue weighted by atomic mass is 19.1. The fourth-order valence-corrected chi connectivity index (χ4v) is 3.14. The van der Waals surface area contributed by atoms with Crippen molar-refractivity contribution in [2.45, 2.75) is 51.0 Å². The van der Waals surface area contributed by atoms with Crippen molar-refractivity contribution in [1.82, 2.24) is 4.90 Å². The van der Waals surface area contributed by atoms with Gasteiger partial charge in [-0.3, -0.25) is 4.79 Å². The first-order chi connectivity index (χ1) is 10.1. The van der Waals surface area contributed by atoms with Crippen LogP contribution in [0.25, 0.3) is 0 Å². The zero-order valence-corrected chi connectivity index (χ0v) is 12.4. The van der Waals surface area contributed by atoms with E-state index in [0.29, 0.717) is 12.5 Å². The predicted octanol–water partition coefficient (Wildman–Crippen LogP) is 3.48. The van der Waals surface area contributed by atoms with Crippen molar-refractivity contribution in [2.24, 2.45) is 0 Å². The lowest BCUT2D eigenvalue weighted by atomic mass is 10.1. The minimum atomic E-state index is -0.730. The van der Waals surface area contributed by atoms with Gasteiger partial charge in [0.15, 0.2) is 0 Å². The second-order valence-electron chi connectivity index (χ2n) is 5.85. The van der Waals surface area contributed by atoms with E-state index in [2.05, 4.69) is 4.90 Å². The number of halogens is 1. The van der Waals surface area contributed by atoms with Crippen molar-refractivity contribution in [3.05, 3.63) is 35.6 Å². The minimum Gasteiger partial charge on any atom is -0.481 e. The summed E-state index contributed by atoms with van der Waals surface area (Å²) < 4.78 is 13.2. The van der Waals surface area contributed by atoms with Crippen LogP contribution in [0.15, 0.2) is 24.3 Å². The molecule has 1 fully saturated rings. The first-order valence-electron chi connectivity index (χ1n) is 7.85. The highest BCUT2D eigenvalue weighted by Crippen LogP contribution is 2.24. The SMILES string of the molecule is O=C(O)CCCN(CCc1cccc(F)c1)C1CCCC1. The molecule has 2 rings (SSSR count). The molecule has 1 aliphatic carbocycles. The van der Waals surface area contributed by atoms with Gasteiger partial charge in [0, 0.05) is 19.0 Å². The third-order valence-corrected chi connectivity index (χ3v) is 4.25. The third kappa shape index (κ3) is 5.46. The summed E-state index contributed by atoms with van der Waals surface area (Å²) in [6.07, 6.45) is 6.67. The van der Waals surface area contributed by atoms with E-state index in [1.165, 1.54) is 31.7 Å². The van der Waals surface area contributed by atoms with E-state index >= 15 is 0 Å². The van der Waals surface area contributed by atoms with E-state index in [1.807, 2.05) is 6.07 Å². The number of hydrogen-bond acceptors (Lipinski definition) is 2. The molecule has 1 saturated carbocycles. The molecule has 0 aliphatic heterocycles. The Kier molecular flexibility index (Phi) is 6.18. The normalized spacial score (nSPS) is 15.7. The quantitative estimate of drug-likeness (QED) is 0.797. The van der Waals surface area contributed by atoms with Crippen molar-refractivity contribution in [3.63, 3.8) is 0 Å². The topological polar surface area (TPSA) is 40.5 Å². The molecule has 1 N–H and O–H groups in total. The van der Waals surface area contributed by atoms with E-state index in [-0.39, 0.29) is 12.2 Å². The van der Waals surface area contributed by atoms with Gasteiger partial charge in [0.25, 0.3) is 0 Å². The molecule has 0 amide bonds. The molecule has 0 spiro atoms. The summed E-state index contributed by atoms with van der Waals surface area (Å²) in [7, 11) is 0. The van der Waals surface area contributed by atoms with Gasteiger partial charge in [-0.05, 0) is 49.9 Å². The summed E-state index contributed by atoms with van der Waals surface area (Å²) in [6.45, 7) is 1.71. The molecule has 21 heavy (non-hydrogen) atoms. The highest BCUT2D eigenvalue weighted by Gasteiger charge is 2.22. The maximum absolute atomic E-state index is 13.2. The van der Waals surface area contributed by atoms with Crippen LogP contribution in [0, 0.1) is 5.82 Å². The van der Waals surface area contributed by atoms with E-state index in [4.69, 9.17) is 5.11 Å². The van der Waals surface area contributed by atoms with E-state index < -0.39 is 5.97 Å². The Morgan fingerprint density at radius 3 is 2.71 bits per heavy atom. The van der Waals surface area contributed by atoms with Crippen LogP contribution in [0.2, 0.25) is 0 Å². The number of benzene rings is 1. The molecular formula is C17H24FNO2. The monoisotopic (exact) mass is 293 g/mol. The zero-order valence-electron chi connectivity index (χ0n) is 12.4. The fraction of sp³-hybridized carbons (Fsp3) is 0.588. The van der Waals surface area contributed by atoms with Crippen molar-refractivity contribution in [1.29, 1.82) is 0 Å². The Hall–Kier alpha value is -1.42. The van der Waals surface area contributed by atoms with Crippen LogP contribution in [-0.4, -0.2) is 35.1 Å². The number of carboxylic acids is 1. The molecule has 0 atom stereocenters. The molecule has 0 bridgehead atoms. The van der Waals surface area contributed by atoms with Crippen LogP contribution in [0.3, 0.4) is 0 Å². The van der Waals surface area contributed by atoms with Gasteiger partial charge in [-0.15, -0.1) is 0 Å². The first-order valence-corrected chi connectivity index (χ1v) is 7.85. The van der Waals surface area contributed by atoms with Gasteiger partial charge >= 0.3 is 5.97 Å². The summed E-state index contributed by atoms with van der Waals surface area (Å²) in [5.74, 6) is -0.919. The summed E-state index contributed by atoms with van der Waals surface area (Å²) >= 11 is 0. The second kappa shape index (κ2) is 8.13. The lowest BCUT2D eigenvalue weighted by molar-refractivity contribution is -0.137. The van der Waals surface area contributed by atoms with Gasteiger partial charge in [-0.1, -0.05) is 25.0 Å². The molecule has 116 valence electrons. The molecule has 1 aromatic carbocycles. The number of rotatable bonds is 8. The Morgan fingerprint density at radius 1 is 1.29 bits per heavy atom. The van der Waals surface area contributed by atoms with Gasteiger partial charge in [0.2, 0.25) is 0 Å². The van der Waals surface area contributed by atoms with Crippen LogP contribution in [-0.2, 0) is 11.2 Å². The Balaban J connectivity index is 1.86. The van der Waals surface area contributed by atoms with Crippen molar-refractivity contribution < 1.29 is 14.3 Å². The van der Waals surface area contributed by atoms with Crippen LogP contribution in [0.1, 0.15) is 44.1 Å². The molecule has 0 saturated heterocycles. The molecule has 0 heterocycles. The molecular weight excluding hydrogens is 269 g/mol. The number of carboxylic acid groups (broad SMARTS) is 1. The van der Waals surface area contributed by atoms with Gasteiger partial charge in [0.1, 0.15) is 5.82 Å². The predicted molar refractivity (Wildman–Crippen MR) is 80.8 cm³/mol. The van der Waals surface area contributed by atoms with Crippen LogP contribution >= 0.6 is 0 Å². The van der Waals surface area contributed by atoms with Crippen LogP contribution < -0.4 is 0 Å². The highest BCUT2D eigenvalue weighted by molar-refractivity contribution is 5.66. The maximum atomic E-state index is 13.2. The van der Waals surface area contributed by atoms with Crippen molar-refractivity contribution in [2.75, 3.05) is 13.1 Å². The summed E-state index contributed by atoms with van der Waals surface area (Å²) in [6, 6.07) is 7.32. The average Bonchev–Trinajstić information content (AvgIpc) is 2.96. The molecule has 1 aromatic rings. The van der Waals surface area contributed by atoms with Gasteiger partial charge in [-0.25, -0.2) is 4.39 Å². The molecule has 0 aromatic heterocycles. The number of aliphatic carboxylic acids is 1. The first kappa shape index (κ1) is 16.0. The summed E-state index contributed by atoms with van der Waals surface area (Å²) in [5, 5.41) is 8.77. The van der Waals surface area contributed by atoms with Crippen LogP contribution in [0.4, 0.5) is 4.39 Å². The lowest BCUT2D eigenvalue weighted by Gasteiger charge is -2.28. The average molecular weight is 293 g/mol. The van der Waals surface area contributed by atoms with Gasteiger partial charge in [-0.2, -0.15) is 0 Å². The van der Waals surface area contributed by atoms with E-state index in [9.17, 15) is 9.18 Å². The van der Waals surface area contributed by atoms with E-state index in [1.54, 1.807) is 12.1 Å².